The molecule has 0 radical (unpaired) electrons. The maximum atomic E-state index is 12.9. The smallest absolute Gasteiger partial charge is 0.321 e. The Hall–Kier alpha value is -5.68. The van der Waals surface area contributed by atoms with Crippen LogP contribution in [0.3, 0.4) is 0 Å². The van der Waals surface area contributed by atoms with Gasteiger partial charge in [0.05, 0.1) is 49.6 Å². The predicted molar refractivity (Wildman–Crippen MR) is 254 cm³/mol. The maximum Gasteiger partial charge on any atom is 0.321 e. The standard InChI is InChI=1S/C25H29ClN2O5S.C21H21ClN2O5S.CH4/c1-15(2)13-33-24(29)14-34(31,32)19-8-6-18(7-9-19)17(4)27-25(30)23-12-20-21(26)10-16(3)11-22(20)28(23)5;1-12-8-17(22)16-10-19(24(3)18(16)9-12)21(27)23-13(2)14-4-6-15(7-5-14)30(28,29)11-20(25)26;/h6-12,15,17H,13-14H2,1-5H3,(H,27,30);4-10,13H,11H2,1-3H3,(H,23,27)(H,25,26);1H4/t17-;13-;/m11./s1. The lowest BCUT2D eigenvalue weighted by atomic mass is 10.1. The Kier molecular flexibility index (Phi) is 16.9. The number of hydrogen-bond donors (Lipinski definition) is 3. The van der Waals surface area contributed by atoms with E-state index < -0.39 is 49.2 Å². The Morgan fingerprint density at radius 3 is 1.35 bits per heavy atom. The van der Waals surface area contributed by atoms with E-state index in [0.717, 1.165) is 38.5 Å². The van der Waals surface area contributed by atoms with Gasteiger partial charge < -0.3 is 29.6 Å². The Balaban J connectivity index is 0.000000282. The van der Waals surface area contributed by atoms with Crippen molar-refractivity contribution in [1.29, 1.82) is 0 Å². The molecule has 0 saturated carbocycles. The Labute approximate surface area is 389 Å². The van der Waals surface area contributed by atoms with Crippen LogP contribution in [0.4, 0.5) is 0 Å². The molecule has 6 aromatic rings. The molecule has 0 spiro atoms. The van der Waals surface area contributed by atoms with Gasteiger partial charge in [-0.1, -0.05) is 68.7 Å². The van der Waals surface area contributed by atoms with Crippen LogP contribution in [0.2, 0.25) is 10.0 Å². The summed E-state index contributed by atoms with van der Waals surface area (Å²) in [4.78, 5) is 48.3. The molecule has 0 aliphatic heterocycles. The van der Waals surface area contributed by atoms with Crippen LogP contribution in [0.15, 0.2) is 94.7 Å². The second-order valence-electron chi connectivity index (χ2n) is 16.1. The summed E-state index contributed by atoms with van der Waals surface area (Å²) in [6.45, 7) is 11.4. The van der Waals surface area contributed by atoms with Crippen LogP contribution < -0.4 is 10.6 Å². The molecule has 3 N–H and O–H groups in total. The number of esters is 1. The maximum absolute atomic E-state index is 12.9. The summed E-state index contributed by atoms with van der Waals surface area (Å²) in [5.74, 6) is -4.32. The lowest BCUT2D eigenvalue weighted by molar-refractivity contribution is -0.141. The molecule has 2 aromatic heterocycles. The fraction of sp³-hybridized carbons (Fsp3) is 0.319. The molecule has 6 rings (SSSR count). The summed E-state index contributed by atoms with van der Waals surface area (Å²) in [6.07, 6.45) is 0. The number of sulfone groups is 2. The number of aromatic nitrogens is 2. The van der Waals surface area contributed by atoms with Crippen LogP contribution in [0, 0.1) is 19.8 Å². The van der Waals surface area contributed by atoms with Crippen molar-refractivity contribution in [3.8, 4) is 0 Å². The van der Waals surface area contributed by atoms with Gasteiger partial charge in [-0.2, -0.15) is 0 Å². The third-order valence-electron chi connectivity index (χ3n) is 10.3. The van der Waals surface area contributed by atoms with Crippen LogP contribution in [0.5, 0.6) is 0 Å². The molecule has 65 heavy (non-hydrogen) atoms. The number of hydrogen-bond acceptors (Lipinski definition) is 9. The van der Waals surface area contributed by atoms with E-state index in [1.54, 1.807) is 59.5 Å². The van der Waals surface area contributed by atoms with E-state index in [0.29, 0.717) is 27.0 Å². The van der Waals surface area contributed by atoms with E-state index in [2.05, 4.69) is 10.6 Å². The van der Waals surface area contributed by atoms with E-state index in [9.17, 15) is 36.0 Å². The second kappa shape index (κ2) is 21.1. The molecule has 2 heterocycles. The van der Waals surface area contributed by atoms with Gasteiger partial charge >= 0.3 is 11.9 Å². The number of benzene rings is 4. The lowest BCUT2D eigenvalue weighted by Gasteiger charge is -2.15. The normalized spacial score (nSPS) is 12.5. The number of aryl methyl sites for hydroxylation is 4. The fourth-order valence-corrected chi connectivity index (χ4v) is 9.69. The topological polar surface area (TPSA) is 200 Å². The van der Waals surface area contributed by atoms with Crippen LogP contribution in [0.25, 0.3) is 21.8 Å². The molecule has 14 nitrogen and oxygen atoms in total. The number of rotatable bonds is 14. The highest BCUT2D eigenvalue weighted by molar-refractivity contribution is 7.92. The first kappa shape index (κ1) is 51.9. The van der Waals surface area contributed by atoms with Crippen molar-refractivity contribution in [3.63, 3.8) is 0 Å². The van der Waals surface area contributed by atoms with Gasteiger partial charge in [-0.3, -0.25) is 19.2 Å². The summed E-state index contributed by atoms with van der Waals surface area (Å²) in [5.41, 5.74) is 6.04. The molecular formula is C47H54Cl2N4O10S2. The van der Waals surface area contributed by atoms with Crippen molar-refractivity contribution < 1.29 is 45.9 Å². The highest BCUT2D eigenvalue weighted by atomic mass is 35.5. The van der Waals surface area contributed by atoms with Gasteiger partial charge in [0, 0.05) is 24.9 Å². The first-order valence-electron chi connectivity index (χ1n) is 20.0. The Morgan fingerprint density at radius 2 is 1.00 bits per heavy atom. The zero-order valence-electron chi connectivity index (χ0n) is 36.5. The van der Waals surface area contributed by atoms with E-state index in [4.69, 9.17) is 33.0 Å². The minimum atomic E-state index is -3.90. The number of carboxylic acid groups (broad SMARTS) is 1. The molecule has 0 fully saturated rings. The Bertz CT molecular complexity index is 2980. The summed E-state index contributed by atoms with van der Waals surface area (Å²) < 4.78 is 57.6. The molecule has 2 atom stereocenters. The van der Waals surface area contributed by atoms with Gasteiger partial charge in [-0.05, 0) is 117 Å². The number of nitrogens with one attached hydrogen (secondary N) is 2. The number of ether oxygens (including phenoxy) is 1. The van der Waals surface area contributed by atoms with Crippen molar-refractivity contribution in [2.45, 2.75) is 70.8 Å². The van der Waals surface area contributed by atoms with Gasteiger partial charge in [0.25, 0.3) is 11.8 Å². The number of carboxylic acids is 1. The van der Waals surface area contributed by atoms with E-state index in [1.807, 2.05) is 65.9 Å². The molecule has 348 valence electrons. The van der Waals surface area contributed by atoms with E-state index in [1.165, 1.54) is 24.3 Å². The largest absolute Gasteiger partial charge is 0.480 e. The number of carbonyl (C=O) groups excluding carboxylic acids is 3. The molecule has 0 bridgehead atoms. The van der Waals surface area contributed by atoms with Crippen LogP contribution in [-0.4, -0.2) is 72.9 Å². The van der Waals surface area contributed by atoms with Crippen LogP contribution in [-0.2, 0) is 48.1 Å². The van der Waals surface area contributed by atoms with Crippen LogP contribution >= 0.6 is 23.2 Å². The summed E-state index contributed by atoms with van der Waals surface area (Å²) in [7, 11) is -4.12. The van der Waals surface area contributed by atoms with Gasteiger partial charge in [-0.15, -0.1) is 0 Å². The van der Waals surface area contributed by atoms with Gasteiger partial charge in [0.1, 0.15) is 11.4 Å². The molecule has 2 amide bonds. The van der Waals surface area contributed by atoms with E-state index >= 15 is 0 Å². The fourth-order valence-electron chi connectivity index (χ4n) is 6.89. The number of nitrogens with zero attached hydrogens (tertiary/aromatic N) is 2. The molecule has 0 unspecified atom stereocenters. The number of fused-ring (bicyclic) bond motifs is 2. The molecule has 0 aliphatic carbocycles. The van der Waals surface area contributed by atoms with Gasteiger partial charge in [0.2, 0.25) is 0 Å². The number of aliphatic carboxylic acids is 1. The number of carbonyl (C=O) groups is 4. The van der Waals surface area contributed by atoms with Gasteiger partial charge in [-0.25, -0.2) is 16.8 Å². The van der Waals surface area contributed by atoms with Crippen molar-refractivity contribution in [2.24, 2.45) is 20.0 Å². The second-order valence-corrected chi connectivity index (χ2v) is 20.8. The number of halogens is 2. The third kappa shape index (κ3) is 12.6. The van der Waals surface area contributed by atoms with E-state index in [-0.39, 0.29) is 47.6 Å². The summed E-state index contributed by atoms with van der Waals surface area (Å²) in [5, 5.41) is 17.3. The quantitative estimate of drug-likeness (QED) is 0.0887. The molecule has 0 saturated heterocycles. The molecule has 0 aliphatic rings. The van der Waals surface area contributed by atoms with Gasteiger partial charge in [0.15, 0.2) is 31.2 Å². The molecule has 18 heteroatoms. The number of amides is 2. The first-order chi connectivity index (χ1) is 29.9. The highest BCUT2D eigenvalue weighted by Crippen LogP contribution is 2.30. The average molecular weight is 970 g/mol. The van der Waals surface area contributed by atoms with Crippen molar-refractivity contribution in [3.05, 3.63) is 129 Å². The highest BCUT2D eigenvalue weighted by Gasteiger charge is 2.24. The average Bonchev–Trinajstić information content (AvgIpc) is 3.73. The minimum absolute atomic E-state index is 0. The summed E-state index contributed by atoms with van der Waals surface area (Å²) >= 11 is 12.7. The minimum Gasteiger partial charge on any atom is -0.480 e. The van der Waals surface area contributed by atoms with Crippen LogP contribution in [0.1, 0.15) is 90.4 Å². The van der Waals surface area contributed by atoms with Crippen molar-refractivity contribution in [2.75, 3.05) is 18.1 Å². The zero-order valence-corrected chi connectivity index (χ0v) is 39.7. The molecule has 4 aromatic carbocycles. The van der Waals surface area contributed by atoms with Crippen molar-refractivity contribution in [1.82, 2.24) is 19.8 Å². The Morgan fingerprint density at radius 1 is 0.631 bits per heavy atom. The summed E-state index contributed by atoms with van der Waals surface area (Å²) in [6, 6.07) is 22.3. The monoisotopic (exact) mass is 968 g/mol. The van der Waals surface area contributed by atoms with Crippen molar-refractivity contribution >= 4 is 88.4 Å². The SMILES string of the molecule is C.Cc1cc(Cl)c2cc(C(=O)N[C@H](C)c3ccc(S(=O)(=O)CC(=O)O)cc3)n(C)c2c1.Cc1cc(Cl)c2cc(C(=O)N[C@H](C)c3ccc(S(=O)(=O)CC(=O)OCC(C)C)cc3)n(C)c2c1. The third-order valence-corrected chi connectivity index (χ3v) is 14.2. The predicted octanol–water partition coefficient (Wildman–Crippen LogP) is 8.73. The zero-order chi connectivity index (χ0) is 47.4. The lowest BCUT2D eigenvalue weighted by Crippen LogP contribution is -2.28. The molecular weight excluding hydrogens is 916 g/mol. The first-order valence-corrected chi connectivity index (χ1v) is 24.1.